The summed E-state index contributed by atoms with van der Waals surface area (Å²) in [6.07, 6.45) is 3.37. The first-order valence-electron chi connectivity index (χ1n) is 9.33. The highest BCUT2D eigenvalue weighted by Gasteiger charge is 2.33. The van der Waals surface area contributed by atoms with Gasteiger partial charge >= 0.3 is 0 Å². The smallest absolute Gasteiger partial charge is 0.266 e. The number of thiocarbonyl (C=S) groups is 1. The third kappa shape index (κ3) is 4.96. The van der Waals surface area contributed by atoms with Crippen LogP contribution in [-0.4, -0.2) is 50.2 Å². The first-order valence-corrected chi connectivity index (χ1v) is 12.2. The Labute approximate surface area is 193 Å². The Hall–Kier alpha value is -2.86. The number of amides is 1. The number of aromatic nitrogens is 2. The van der Waals surface area contributed by atoms with Gasteiger partial charge in [-0.3, -0.25) is 14.2 Å². The van der Waals surface area contributed by atoms with Gasteiger partial charge in [0.15, 0.2) is 0 Å². The highest BCUT2D eigenvalue weighted by molar-refractivity contribution is 8.26. The van der Waals surface area contributed by atoms with Crippen molar-refractivity contribution in [2.24, 2.45) is 0 Å². The molecule has 1 saturated heterocycles. The van der Waals surface area contributed by atoms with Crippen molar-refractivity contribution < 1.29 is 22.2 Å². The van der Waals surface area contributed by atoms with Crippen LogP contribution in [0.25, 0.3) is 23.0 Å². The fraction of sp³-hybridized carbons (Fsp3) is 0.0952. The molecule has 1 amide bonds. The molecule has 32 heavy (non-hydrogen) atoms. The van der Waals surface area contributed by atoms with E-state index in [1.54, 1.807) is 29.1 Å². The Bertz CT molecular complexity index is 1320. The number of benzene rings is 2. The molecular formula is C21H16FN3O4S3. The van der Waals surface area contributed by atoms with E-state index < -0.39 is 21.8 Å². The topological polar surface area (TPSA) is 92.5 Å². The lowest BCUT2D eigenvalue weighted by Crippen LogP contribution is -2.32. The molecule has 4 rings (SSSR count). The van der Waals surface area contributed by atoms with Gasteiger partial charge in [-0.25, -0.2) is 9.07 Å². The molecule has 0 aliphatic carbocycles. The Balaban J connectivity index is 1.73. The van der Waals surface area contributed by atoms with Crippen LogP contribution in [-0.2, 0) is 14.9 Å². The van der Waals surface area contributed by atoms with Crippen molar-refractivity contribution in [3.8, 4) is 16.9 Å². The van der Waals surface area contributed by atoms with Gasteiger partial charge in [-0.15, -0.1) is 0 Å². The van der Waals surface area contributed by atoms with Crippen LogP contribution >= 0.6 is 24.0 Å². The molecule has 1 aromatic heterocycles. The number of carbonyl (C=O) groups is 1. The van der Waals surface area contributed by atoms with Crippen LogP contribution in [0.1, 0.15) is 5.56 Å². The molecular weight excluding hydrogens is 473 g/mol. The van der Waals surface area contributed by atoms with Gasteiger partial charge in [0.2, 0.25) is 0 Å². The predicted molar refractivity (Wildman–Crippen MR) is 125 cm³/mol. The Morgan fingerprint density at radius 1 is 1.12 bits per heavy atom. The molecule has 2 heterocycles. The van der Waals surface area contributed by atoms with Gasteiger partial charge in [-0.2, -0.15) is 13.5 Å². The minimum Gasteiger partial charge on any atom is -0.292 e. The van der Waals surface area contributed by atoms with Gasteiger partial charge in [-0.05, 0) is 42.5 Å². The van der Waals surface area contributed by atoms with Gasteiger partial charge in [-0.1, -0.05) is 42.2 Å². The summed E-state index contributed by atoms with van der Waals surface area (Å²) in [4.78, 5) is 14.2. The maximum absolute atomic E-state index is 13.4. The third-order valence-corrected chi connectivity index (χ3v) is 6.69. The lowest BCUT2D eigenvalue weighted by Gasteiger charge is -2.12. The zero-order valence-electron chi connectivity index (χ0n) is 16.4. The number of nitrogens with zero attached hydrogens (tertiary/aromatic N) is 3. The average molecular weight is 490 g/mol. The quantitative estimate of drug-likeness (QED) is 0.320. The maximum atomic E-state index is 13.4. The molecule has 1 aliphatic rings. The molecule has 1 N–H and O–H groups in total. The molecule has 0 bridgehead atoms. The van der Waals surface area contributed by atoms with E-state index in [-0.39, 0.29) is 16.7 Å². The second kappa shape index (κ2) is 8.94. The second-order valence-corrected chi connectivity index (χ2v) is 10.1. The summed E-state index contributed by atoms with van der Waals surface area (Å²) in [6, 6.07) is 15.2. The summed E-state index contributed by atoms with van der Waals surface area (Å²) < 4.78 is 46.4. The van der Waals surface area contributed by atoms with Crippen molar-refractivity contribution in [3.63, 3.8) is 0 Å². The zero-order valence-corrected chi connectivity index (χ0v) is 18.8. The molecule has 11 heteroatoms. The van der Waals surface area contributed by atoms with E-state index >= 15 is 0 Å². The van der Waals surface area contributed by atoms with Gasteiger partial charge in [0, 0.05) is 23.9 Å². The van der Waals surface area contributed by atoms with Crippen LogP contribution in [0.5, 0.6) is 0 Å². The molecule has 0 unspecified atom stereocenters. The lowest BCUT2D eigenvalue weighted by molar-refractivity contribution is -0.121. The number of hydrogen-bond acceptors (Lipinski definition) is 6. The van der Waals surface area contributed by atoms with Crippen molar-refractivity contribution in [3.05, 3.63) is 77.1 Å². The Morgan fingerprint density at radius 2 is 1.81 bits per heavy atom. The molecule has 164 valence electrons. The highest BCUT2D eigenvalue weighted by Crippen LogP contribution is 2.34. The second-order valence-electron chi connectivity index (χ2n) is 6.84. The molecule has 0 saturated carbocycles. The van der Waals surface area contributed by atoms with Crippen molar-refractivity contribution in [2.75, 3.05) is 12.3 Å². The molecule has 7 nitrogen and oxygen atoms in total. The van der Waals surface area contributed by atoms with E-state index in [9.17, 15) is 17.6 Å². The van der Waals surface area contributed by atoms with E-state index in [0.29, 0.717) is 21.7 Å². The molecule has 0 radical (unpaired) electrons. The van der Waals surface area contributed by atoms with E-state index in [2.05, 4.69) is 5.10 Å². The summed E-state index contributed by atoms with van der Waals surface area (Å²) in [7, 11) is -4.23. The largest absolute Gasteiger partial charge is 0.292 e. The van der Waals surface area contributed by atoms with Crippen molar-refractivity contribution in [1.82, 2.24) is 14.7 Å². The van der Waals surface area contributed by atoms with Crippen LogP contribution < -0.4 is 0 Å². The normalized spacial score (nSPS) is 15.7. The van der Waals surface area contributed by atoms with Crippen LogP contribution in [0, 0.1) is 5.82 Å². The summed E-state index contributed by atoms with van der Waals surface area (Å²) in [5.41, 5.74) is 2.61. The van der Waals surface area contributed by atoms with Gasteiger partial charge in [0.1, 0.15) is 10.1 Å². The molecule has 0 spiro atoms. The number of para-hydroxylation sites is 1. The first-order chi connectivity index (χ1) is 15.2. The lowest BCUT2D eigenvalue weighted by atomic mass is 10.1. The number of carbonyl (C=O) groups excluding carboxylic acids is 1. The molecule has 1 fully saturated rings. The Kier molecular flexibility index (Phi) is 6.24. The molecule has 2 aromatic carbocycles. The highest BCUT2D eigenvalue weighted by atomic mass is 32.2. The van der Waals surface area contributed by atoms with Crippen molar-refractivity contribution in [2.45, 2.75) is 0 Å². The fourth-order valence-corrected chi connectivity index (χ4v) is 4.79. The van der Waals surface area contributed by atoms with E-state index in [1.807, 2.05) is 30.3 Å². The minimum atomic E-state index is -4.23. The molecule has 3 aromatic rings. The van der Waals surface area contributed by atoms with E-state index in [1.165, 1.54) is 12.1 Å². The average Bonchev–Trinajstić information content (AvgIpc) is 3.28. The maximum Gasteiger partial charge on any atom is 0.266 e. The van der Waals surface area contributed by atoms with Gasteiger partial charge in [0.25, 0.3) is 16.0 Å². The summed E-state index contributed by atoms with van der Waals surface area (Å²) in [5, 5.41) is 4.62. The van der Waals surface area contributed by atoms with Crippen molar-refractivity contribution in [1.29, 1.82) is 0 Å². The fourth-order valence-electron chi connectivity index (χ4n) is 3.08. The van der Waals surface area contributed by atoms with E-state index in [4.69, 9.17) is 16.8 Å². The number of hydrogen-bond donors (Lipinski definition) is 1. The van der Waals surface area contributed by atoms with Crippen LogP contribution in [0.2, 0.25) is 0 Å². The van der Waals surface area contributed by atoms with Crippen LogP contribution in [0.4, 0.5) is 4.39 Å². The first kappa shape index (κ1) is 22.3. The monoisotopic (exact) mass is 489 g/mol. The Morgan fingerprint density at radius 3 is 2.47 bits per heavy atom. The van der Waals surface area contributed by atoms with Gasteiger partial charge in [0.05, 0.1) is 22.0 Å². The molecule has 0 atom stereocenters. The standard InChI is InChI=1S/C21H16FN3O4S3/c22-16-8-6-14(7-9-16)19-15(13-25(23-19)17-4-2-1-3-5-17)12-18-20(26)24(21(30)31-18)10-11-32(27,28)29/h1-9,12-13H,10-11H2,(H,27,28,29). The third-order valence-electron chi connectivity index (χ3n) is 4.61. The molecule has 1 aliphatic heterocycles. The number of rotatable bonds is 6. The zero-order chi connectivity index (χ0) is 22.9. The summed E-state index contributed by atoms with van der Waals surface area (Å²) >= 11 is 6.24. The number of thioether (sulfide) groups is 1. The summed E-state index contributed by atoms with van der Waals surface area (Å²) in [6.45, 7) is -0.241. The minimum absolute atomic E-state index is 0.198. The number of halogens is 1. The SMILES string of the molecule is O=C1C(=Cc2cn(-c3ccccc3)nc2-c2ccc(F)cc2)SC(=S)N1CCS(=O)(=O)O. The van der Waals surface area contributed by atoms with E-state index in [0.717, 1.165) is 22.3 Å². The van der Waals surface area contributed by atoms with Crippen molar-refractivity contribution >= 4 is 50.4 Å². The summed E-state index contributed by atoms with van der Waals surface area (Å²) in [5.74, 6) is -1.45. The predicted octanol–water partition coefficient (Wildman–Crippen LogP) is 3.77. The van der Waals surface area contributed by atoms with Crippen LogP contribution in [0.15, 0.2) is 65.7 Å². The van der Waals surface area contributed by atoms with Gasteiger partial charge < -0.3 is 0 Å². The van der Waals surface area contributed by atoms with Crippen LogP contribution in [0.3, 0.4) is 0 Å².